The van der Waals surface area contributed by atoms with Gasteiger partial charge in [-0.15, -0.1) is 0 Å². The van der Waals surface area contributed by atoms with Crippen molar-refractivity contribution < 1.29 is 18.0 Å². The lowest BCUT2D eigenvalue weighted by Crippen LogP contribution is -1.91. The topological polar surface area (TPSA) is 55.8 Å². The molecule has 0 fully saturated rings. The minimum absolute atomic E-state index is 0.248. The van der Waals surface area contributed by atoms with Crippen molar-refractivity contribution in [1.82, 2.24) is 0 Å². The lowest BCUT2D eigenvalue weighted by Gasteiger charge is -2.08. The fourth-order valence-electron chi connectivity index (χ4n) is 0.347. The number of phosphoric ester groups is 1. The quantitative estimate of drug-likeness (QED) is 0.526. The molecule has 11 heavy (non-hydrogen) atoms. The van der Waals surface area contributed by atoms with Crippen molar-refractivity contribution in [2.45, 2.75) is 20.3 Å². The molecule has 68 valence electrons. The predicted molar refractivity (Wildman–Crippen MR) is 45.3 cm³/mol. The Kier molecular flexibility index (Phi) is 6.28. The highest BCUT2D eigenvalue weighted by Crippen LogP contribution is 2.46. The van der Waals surface area contributed by atoms with Crippen molar-refractivity contribution in [1.29, 1.82) is 0 Å². The number of hydrogen-bond donors (Lipinski definition) is 1. The van der Waals surface area contributed by atoms with E-state index in [-0.39, 0.29) is 6.61 Å². The van der Waals surface area contributed by atoms with Crippen LogP contribution in [0.2, 0.25) is 0 Å². The number of hydrogen-bond acceptors (Lipinski definition) is 4. The smallest absolute Gasteiger partial charge is 0.302 e. The Labute approximate surface area is 71.1 Å². The molecule has 0 bridgehead atoms. The van der Waals surface area contributed by atoms with Crippen LogP contribution >= 0.6 is 19.9 Å². The van der Waals surface area contributed by atoms with Gasteiger partial charge in [0.15, 0.2) is 0 Å². The van der Waals surface area contributed by atoms with E-state index in [9.17, 15) is 4.57 Å². The third kappa shape index (κ3) is 6.84. The Morgan fingerprint density at radius 3 is 2.64 bits per heavy atom. The Hall–Kier alpha value is 0.460. The summed E-state index contributed by atoms with van der Waals surface area (Å²) < 4.78 is 19.9. The molecule has 0 spiro atoms. The summed E-state index contributed by atoms with van der Waals surface area (Å²) in [5.74, 6) is 0.625. The molecular formula is C5H13O4PS. The SMILES string of the molecule is CCCOP(=O)(O)OSCC. The summed E-state index contributed by atoms with van der Waals surface area (Å²) in [4.78, 5) is 8.87. The van der Waals surface area contributed by atoms with Gasteiger partial charge in [-0.25, -0.2) is 8.54 Å². The van der Waals surface area contributed by atoms with E-state index in [4.69, 9.17) is 4.89 Å². The maximum absolute atomic E-state index is 10.8. The molecule has 0 aliphatic carbocycles. The highest BCUT2D eigenvalue weighted by molar-refractivity contribution is 7.97. The maximum atomic E-state index is 10.8. The molecule has 0 radical (unpaired) electrons. The van der Waals surface area contributed by atoms with Gasteiger partial charge in [0, 0.05) is 17.8 Å². The summed E-state index contributed by atoms with van der Waals surface area (Å²) >= 11 is 0.927. The van der Waals surface area contributed by atoms with Crippen LogP contribution in [0.4, 0.5) is 0 Å². The van der Waals surface area contributed by atoms with E-state index in [0.29, 0.717) is 12.2 Å². The molecular weight excluding hydrogens is 187 g/mol. The maximum Gasteiger partial charge on any atom is 0.483 e. The summed E-state index contributed by atoms with van der Waals surface area (Å²) in [6.07, 6.45) is 0.699. The van der Waals surface area contributed by atoms with Crippen molar-refractivity contribution in [3.8, 4) is 0 Å². The normalized spacial score (nSPS) is 16.3. The first kappa shape index (κ1) is 11.5. The summed E-state index contributed by atoms with van der Waals surface area (Å²) in [5, 5.41) is 0. The van der Waals surface area contributed by atoms with Crippen molar-refractivity contribution in [3.05, 3.63) is 0 Å². The van der Waals surface area contributed by atoms with Gasteiger partial charge >= 0.3 is 7.82 Å². The summed E-state index contributed by atoms with van der Waals surface area (Å²) in [6, 6.07) is 0. The molecule has 0 aliphatic heterocycles. The van der Waals surface area contributed by atoms with Crippen LogP contribution in [0, 0.1) is 0 Å². The molecule has 0 rings (SSSR count). The van der Waals surface area contributed by atoms with Crippen LogP contribution in [-0.2, 0) is 13.1 Å². The molecule has 1 unspecified atom stereocenters. The summed E-state index contributed by atoms with van der Waals surface area (Å²) in [5.41, 5.74) is 0. The van der Waals surface area contributed by atoms with Gasteiger partial charge in [-0.2, -0.15) is 0 Å². The second-order valence-corrected chi connectivity index (χ2v) is 4.39. The Morgan fingerprint density at radius 1 is 1.55 bits per heavy atom. The van der Waals surface area contributed by atoms with Gasteiger partial charge in [0.25, 0.3) is 0 Å². The Balaban J connectivity index is 3.53. The standard InChI is InChI=1S/C5H13O4PS/c1-3-5-8-10(6,7)9-11-4-2/h3-5H2,1-2H3,(H,6,7). The van der Waals surface area contributed by atoms with E-state index >= 15 is 0 Å². The zero-order chi connectivity index (χ0) is 8.74. The zero-order valence-electron chi connectivity index (χ0n) is 6.65. The molecule has 0 amide bonds. The van der Waals surface area contributed by atoms with Crippen LogP contribution < -0.4 is 0 Å². The van der Waals surface area contributed by atoms with Crippen LogP contribution in [0.3, 0.4) is 0 Å². The van der Waals surface area contributed by atoms with Crippen LogP contribution in [0.1, 0.15) is 20.3 Å². The number of rotatable bonds is 6. The van der Waals surface area contributed by atoms with Crippen molar-refractivity contribution in [3.63, 3.8) is 0 Å². The van der Waals surface area contributed by atoms with Gasteiger partial charge in [-0.3, -0.25) is 4.52 Å². The van der Waals surface area contributed by atoms with E-state index in [1.807, 2.05) is 13.8 Å². The van der Waals surface area contributed by atoms with Crippen LogP contribution in [0.15, 0.2) is 0 Å². The summed E-state index contributed by atoms with van der Waals surface area (Å²) in [6.45, 7) is 3.93. The van der Waals surface area contributed by atoms with Gasteiger partial charge in [0.1, 0.15) is 0 Å². The minimum atomic E-state index is -3.76. The molecule has 0 aliphatic rings. The molecule has 0 aromatic heterocycles. The van der Waals surface area contributed by atoms with E-state index in [2.05, 4.69) is 8.49 Å². The lowest BCUT2D eigenvalue weighted by atomic mass is 10.5. The minimum Gasteiger partial charge on any atom is -0.302 e. The highest BCUT2D eigenvalue weighted by Gasteiger charge is 2.20. The molecule has 1 atom stereocenters. The first-order chi connectivity index (χ1) is 5.12. The van der Waals surface area contributed by atoms with E-state index in [1.165, 1.54) is 0 Å². The predicted octanol–water partition coefficient (Wildman–Crippen LogP) is 2.20. The van der Waals surface area contributed by atoms with Gasteiger partial charge in [0.05, 0.1) is 6.61 Å². The van der Waals surface area contributed by atoms with Gasteiger partial charge in [-0.05, 0) is 6.42 Å². The average Bonchev–Trinajstić information content (AvgIpc) is 1.97. The van der Waals surface area contributed by atoms with Crippen molar-refractivity contribution in [2.75, 3.05) is 12.4 Å². The molecule has 4 nitrogen and oxygen atoms in total. The molecule has 6 heteroatoms. The van der Waals surface area contributed by atoms with Gasteiger partial charge in [-0.1, -0.05) is 13.8 Å². The fraction of sp³-hybridized carbons (Fsp3) is 1.00. The molecule has 0 heterocycles. The van der Waals surface area contributed by atoms with Gasteiger partial charge < -0.3 is 4.89 Å². The summed E-state index contributed by atoms with van der Waals surface area (Å²) in [7, 11) is -3.76. The number of phosphoric acid groups is 1. The lowest BCUT2D eigenvalue weighted by molar-refractivity contribution is 0.212. The molecule has 1 N–H and O–H groups in total. The molecule has 0 aromatic carbocycles. The Bertz CT molecular complexity index is 128. The average molecular weight is 200 g/mol. The van der Waals surface area contributed by atoms with E-state index in [0.717, 1.165) is 12.0 Å². The van der Waals surface area contributed by atoms with E-state index in [1.54, 1.807) is 0 Å². The first-order valence-corrected chi connectivity index (χ1v) is 5.81. The fourth-order valence-corrected chi connectivity index (χ4v) is 1.89. The third-order valence-corrected chi connectivity index (χ3v) is 2.64. The monoisotopic (exact) mass is 200 g/mol. The van der Waals surface area contributed by atoms with Crippen molar-refractivity contribution >= 4 is 19.9 Å². The molecule has 0 saturated heterocycles. The zero-order valence-corrected chi connectivity index (χ0v) is 8.36. The van der Waals surface area contributed by atoms with Crippen LogP contribution in [0.5, 0.6) is 0 Å². The highest BCUT2D eigenvalue weighted by atomic mass is 32.2. The van der Waals surface area contributed by atoms with Crippen LogP contribution in [0.25, 0.3) is 0 Å². The second kappa shape index (κ2) is 6.03. The van der Waals surface area contributed by atoms with Crippen LogP contribution in [-0.4, -0.2) is 17.3 Å². The van der Waals surface area contributed by atoms with Gasteiger partial charge in [0.2, 0.25) is 0 Å². The first-order valence-electron chi connectivity index (χ1n) is 3.41. The second-order valence-electron chi connectivity index (χ2n) is 1.78. The van der Waals surface area contributed by atoms with Crippen molar-refractivity contribution in [2.24, 2.45) is 0 Å². The third-order valence-electron chi connectivity index (χ3n) is 0.723. The molecule has 0 saturated carbocycles. The largest absolute Gasteiger partial charge is 0.483 e. The Morgan fingerprint density at radius 2 is 2.18 bits per heavy atom. The van der Waals surface area contributed by atoms with E-state index < -0.39 is 7.82 Å². The molecule has 0 aromatic rings.